The van der Waals surface area contributed by atoms with Crippen LogP contribution >= 0.6 is 0 Å². The van der Waals surface area contributed by atoms with Crippen molar-refractivity contribution in [2.75, 3.05) is 47.4 Å². The number of H-pyrrole nitrogens is 1. The zero-order valence-corrected chi connectivity index (χ0v) is 21.6. The Balaban J connectivity index is 1.28. The number of amides is 1. The number of aromatic nitrogens is 4. The van der Waals surface area contributed by atoms with Crippen LogP contribution in [0.25, 0.3) is 33.7 Å². The van der Waals surface area contributed by atoms with Crippen LogP contribution in [0.3, 0.4) is 0 Å². The SMILES string of the molecule is COc1cc(OC)c(F)c(-c2ncc3c(-c4ccc5c(c4)CC(C(=O)N4CCN(C)CC4)O5)n[nH]c3n2)c1F. The minimum Gasteiger partial charge on any atom is -0.494 e. The third-order valence-electron chi connectivity index (χ3n) is 7.21. The number of halogens is 2. The van der Waals surface area contributed by atoms with Crippen molar-refractivity contribution in [3.8, 4) is 39.9 Å². The minimum absolute atomic E-state index is 0.000589. The number of nitrogens with zero attached hydrogens (tertiary/aromatic N) is 5. The van der Waals surface area contributed by atoms with Gasteiger partial charge in [0.25, 0.3) is 5.91 Å². The van der Waals surface area contributed by atoms with Crippen LogP contribution in [-0.2, 0) is 11.2 Å². The van der Waals surface area contributed by atoms with Crippen molar-refractivity contribution in [2.24, 2.45) is 0 Å². The van der Waals surface area contributed by atoms with Crippen LogP contribution in [0, 0.1) is 11.6 Å². The molecule has 0 aliphatic carbocycles. The maximum atomic E-state index is 15.0. The largest absolute Gasteiger partial charge is 0.494 e. The van der Waals surface area contributed by atoms with Gasteiger partial charge in [0, 0.05) is 50.4 Å². The van der Waals surface area contributed by atoms with E-state index in [4.69, 9.17) is 14.2 Å². The second kappa shape index (κ2) is 9.77. The summed E-state index contributed by atoms with van der Waals surface area (Å²) in [6.07, 6.45) is 1.38. The number of hydrogen-bond donors (Lipinski definition) is 1. The Bertz CT molecular complexity index is 1560. The fraction of sp³-hybridized carbons (Fsp3) is 0.333. The lowest BCUT2D eigenvalue weighted by atomic mass is 10.0. The molecule has 4 heterocycles. The van der Waals surface area contributed by atoms with Gasteiger partial charge in [-0.1, -0.05) is 0 Å². The third kappa shape index (κ3) is 4.30. The van der Waals surface area contributed by atoms with Crippen molar-refractivity contribution in [1.82, 2.24) is 30.0 Å². The van der Waals surface area contributed by atoms with Crippen molar-refractivity contribution < 1.29 is 27.8 Å². The summed E-state index contributed by atoms with van der Waals surface area (Å²) in [6.45, 7) is 3.06. The average molecular weight is 537 g/mol. The second-order valence-corrected chi connectivity index (χ2v) is 9.57. The fourth-order valence-corrected chi connectivity index (χ4v) is 5.00. The first kappa shape index (κ1) is 25.0. The number of rotatable bonds is 5. The molecular weight excluding hydrogens is 510 g/mol. The molecule has 6 rings (SSSR count). The molecule has 0 spiro atoms. The molecule has 2 aliphatic rings. The van der Waals surface area contributed by atoms with Crippen LogP contribution < -0.4 is 14.2 Å². The summed E-state index contributed by atoms with van der Waals surface area (Å²) < 4.78 is 46.0. The van der Waals surface area contributed by atoms with Gasteiger partial charge in [-0.25, -0.2) is 18.7 Å². The summed E-state index contributed by atoms with van der Waals surface area (Å²) in [5.41, 5.74) is 2.08. The highest BCUT2D eigenvalue weighted by atomic mass is 19.1. The summed E-state index contributed by atoms with van der Waals surface area (Å²) in [5, 5.41) is 7.79. The molecule has 1 N–H and O–H groups in total. The van der Waals surface area contributed by atoms with Gasteiger partial charge in [-0.05, 0) is 30.8 Å². The highest BCUT2D eigenvalue weighted by Gasteiger charge is 2.34. The number of benzene rings is 2. The quantitative estimate of drug-likeness (QED) is 0.415. The Morgan fingerprint density at radius 2 is 1.79 bits per heavy atom. The van der Waals surface area contributed by atoms with E-state index in [1.54, 1.807) is 0 Å². The summed E-state index contributed by atoms with van der Waals surface area (Å²) in [7, 11) is 4.59. The maximum Gasteiger partial charge on any atom is 0.264 e. The Hall–Kier alpha value is -4.32. The summed E-state index contributed by atoms with van der Waals surface area (Å²) >= 11 is 0. The van der Waals surface area contributed by atoms with Gasteiger partial charge in [0.15, 0.2) is 40.7 Å². The van der Waals surface area contributed by atoms with Gasteiger partial charge in [-0.3, -0.25) is 9.89 Å². The van der Waals surface area contributed by atoms with Crippen LogP contribution in [0.15, 0.2) is 30.5 Å². The van der Waals surface area contributed by atoms with Crippen molar-refractivity contribution in [3.63, 3.8) is 0 Å². The van der Waals surface area contributed by atoms with E-state index in [0.29, 0.717) is 42.0 Å². The van der Waals surface area contributed by atoms with E-state index in [1.807, 2.05) is 30.1 Å². The molecule has 1 amide bonds. The van der Waals surface area contributed by atoms with Gasteiger partial charge < -0.3 is 24.0 Å². The number of likely N-dealkylation sites (N-methyl/N-ethyl adjacent to an activating group) is 1. The van der Waals surface area contributed by atoms with Crippen LogP contribution in [-0.4, -0.2) is 89.4 Å². The molecule has 39 heavy (non-hydrogen) atoms. The van der Waals surface area contributed by atoms with Gasteiger partial charge in [0.05, 0.1) is 25.2 Å². The molecule has 0 bridgehead atoms. The van der Waals surface area contributed by atoms with E-state index in [-0.39, 0.29) is 23.2 Å². The molecule has 0 saturated carbocycles. The Morgan fingerprint density at radius 3 is 2.49 bits per heavy atom. The molecule has 2 aromatic carbocycles. The molecule has 2 aromatic heterocycles. The molecule has 202 valence electrons. The number of carbonyl (C=O) groups is 1. The monoisotopic (exact) mass is 536 g/mol. The summed E-state index contributed by atoms with van der Waals surface area (Å²) in [5.74, 6) is -1.77. The summed E-state index contributed by atoms with van der Waals surface area (Å²) in [6, 6.07) is 6.73. The molecular formula is C27H26F2N6O4. The van der Waals surface area contributed by atoms with Crippen LogP contribution in [0.5, 0.6) is 17.2 Å². The predicted molar refractivity (Wildman–Crippen MR) is 138 cm³/mol. The first-order valence-electron chi connectivity index (χ1n) is 12.5. The number of nitrogens with one attached hydrogen (secondary N) is 1. The Morgan fingerprint density at radius 1 is 1.08 bits per heavy atom. The van der Waals surface area contributed by atoms with E-state index >= 15 is 0 Å². The van der Waals surface area contributed by atoms with Crippen LogP contribution in [0.1, 0.15) is 5.56 Å². The number of aromatic amines is 1. The number of carbonyl (C=O) groups excluding carboxylic acids is 1. The third-order valence-corrected chi connectivity index (χ3v) is 7.21. The lowest BCUT2D eigenvalue weighted by molar-refractivity contribution is -0.139. The lowest BCUT2D eigenvalue weighted by Gasteiger charge is -2.33. The van der Waals surface area contributed by atoms with Crippen molar-refractivity contribution in [3.05, 3.63) is 47.7 Å². The highest BCUT2D eigenvalue weighted by Crippen LogP contribution is 2.38. The van der Waals surface area contributed by atoms with Gasteiger partial charge in [-0.2, -0.15) is 5.10 Å². The zero-order valence-electron chi connectivity index (χ0n) is 21.6. The standard InChI is InChI=1S/C27H26F2N6O4/c1-34-6-8-35(9-7-34)27(36)20-11-15-10-14(4-5-17(15)39-20)24-16-13-30-26(31-25(16)33-32-24)21-22(28)18(37-2)12-19(38-3)23(21)29/h4-5,10,12-13,20H,6-9,11H2,1-3H3,(H,30,31,32,33). The molecule has 0 radical (unpaired) electrons. The summed E-state index contributed by atoms with van der Waals surface area (Å²) in [4.78, 5) is 25.6. The Labute approximate surface area is 222 Å². The zero-order chi connectivity index (χ0) is 27.3. The second-order valence-electron chi connectivity index (χ2n) is 9.57. The number of ether oxygens (including phenoxy) is 3. The minimum atomic E-state index is -0.936. The van der Waals surface area contributed by atoms with Gasteiger partial charge >= 0.3 is 0 Å². The normalized spacial score (nSPS) is 17.3. The van der Waals surface area contributed by atoms with Crippen molar-refractivity contribution in [2.45, 2.75) is 12.5 Å². The smallest absolute Gasteiger partial charge is 0.264 e. The first-order valence-corrected chi connectivity index (χ1v) is 12.5. The molecule has 12 heteroatoms. The van der Waals surface area contributed by atoms with E-state index in [0.717, 1.165) is 30.3 Å². The fourth-order valence-electron chi connectivity index (χ4n) is 5.00. The highest BCUT2D eigenvalue weighted by molar-refractivity contribution is 5.91. The molecule has 1 fully saturated rings. The number of methoxy groups -OCH3 is 2. The maximum absolute atomic E-state index is 15.0. The molecule has 1 atom stereocenters. The molecule has 4 aromatic rings. The van der Waals surface area contributed by atoms with E-state index < -0.39 is 23.3 Å². The van der Waals surface area contributed by atoms with E-state index in [1.165, 1.54) is 20.4 Å². The number of piperazine rings is 1. The van der Waals surface area contributed by atoms with Crippen molar-refractivity contribution in [1.29, 1.82) is 0 Å². The number of hydrogen-bond acceptors (Lipinski definition) is 8. The molecule has 2 aliphatic heterocycles. The van der Waals surface area contributed by atoms with Gasteiger partial charge in [-0.15, -0.1) is 0 Å². The topological polar surface area (TPSA) is 106 Å². The van der Waals surface area contributed by atoms with E-state index in [9.17, 15) is 13.6 Å². The van der Waals surface area contributed by atoms with Crippen molar-refractivity contribution >= 4 is 16.9 Å². The van der Waals surface area contributed by atoms with Gasteiger partial charge in [0.1, 0.15) is 11.4 Å². The molecule has 1 unspecified atom stereocenters. The lowest BCUT2D eigenvalue weighted by Crippen LogP contribution is -2.51. The van der Waals surface area contributed by atoms with Crippen LogP contribution in [0.2, 0.25) is 0 Å². The van der Waals surface area contributed by atoms with Gasteiger partial charge in [0.2, 0.25) is 0 Å². The average Bonchev–Trinajstić information content (AvgIpc) is 3.57. The van der Waals surface area contributed by atoms with E-state index in [2.05, 4.69) is 25.1 Å². The molecule has 1 saturated heterocycles. The van der Waals surface area contributed by atoms with Crippen LogP contribution in [0.4, 0.5) is 8.78 Å². The first-order chi connectivity index (χ1) is 18.9. The number of fused-ring (bicyclic) bond motifs is 2. The predicted octanol–water partition coefficient (Wildman–Crippen LogP) is 3.06. The molecule has 10 nitrogen and oxygen atoms in total. The Kier molecular flexibility index (Phi) is 6.26.